The van der Waals surface area contributed by atoms with Crippen LogP contribution in [0.2, 0.25) is 10.1 Å². The molecule has 4 aromatic carbocycles. The normalized spacial score (nSPS) is 26.6. The van der Waals surface area contributed by atoms with E-state index in [4.69, 9.17) is 20.8 Å². The van der Waals surface area contributed by atoms with Crippen molar-refractivity contribution < 1.29 is 27.5 Å². The topological polar surface area (TPSA) is 105 Å². The van der Waals surface area contributed by atoms with Gasteiger partial charge in [0.05, 0.1) is 24.2 Å². The quantitative estimate of drug-likeness (QED) is 0.159. The van der Waals surface area contributed by atoms with Crippen molar-refractivity contribution in [1.29, 1.82) is 0 Å². The van der Waals surface area contributed by atoms with E-state index in [-0.39, 0.29) is 40.2 Å². The molecule has 1 fully saturated rings. The maximum absolute atomic E-state index is 14.0. The number of rotatable bonds is 5. The molecule has 1 amide bonds. The summed E-state index contributed by atoms with van der Waals surface area (Å²) in [7, 11) is -7.11. The van der Waals surface area contributed by atoms with Crippen LogP contribution in [-0.2, 0) is 26.3 Å². The van der Waals surface area contributed by atoms with E-state index in [1.54, 1.807) is 18.2 Å². The van der Waals surface area contributed by atoms with Gasteiger partial charge in [0.15, 0.2) is 0 Å². The zero-order chi connectivity index (χ0) is 40.7. The van der Waals surface area contributed by atoms with E-state index in [9.17, 15) is 18.3 Å². The molecule has 0 radical (unpaired) electrons. The van der Waals surface area contributed by atoms with Gasteiger partial charge in [-0.1, -0.05) is 111 Å². The maximum Gasteiger partial charge on any atom is 0.264 e. The van der Waals surface area contributed by atoms with Gasteiger partial charge < -0.3 is 19.2 Å². The van der Waals surface area contributed by atoms with Crippen molar-refractivity contribution in [3.05, 3.63) is 131 Å². The average Bonchev–Trinajstić information content (AvgIpc) is 3.32. The number of carbonyl (C=O) groups is 1. The van der Waals surface area contributed by atoms with Crippen LogP contribution < -0.4 is 24.7 Å². The van der Waals surface area contributed by atoms with E-state index >= 15 is 0 Å². The highest BCUT2D eigenvalue weighted by molar-refractivity contribution is 7.90. The second-order valence-corrected chi connectivity index (χ2v) is 24.5. The summed E-state index contributed by atoms with van der Waals surface area (Å²) in [5.74, 6) is -0.569. The molecule has 2 bridgehead atoms. The molecule has 58 heavy (non-hydrogen) atoms. The molecule has 2 heterocycles. The predicted molar refractivity (Wildman–Crippen MR) is 235 cm³/mol. The molecule has 2 aliphatic carbocycles. The molecule has 1 saturated carbocycles. The number of hydrogen-bond donors (Lipinski definition) is 2. The van der Waals surface area contributed by atoms with Crippen molar-refractivity contribution >= 4 is 51.9 Å². The molecule has 1 spiro atoms. The lowest BCUT2D eigenvalue weighted by molar-refractivity contribution is 0.0455. The molecule has 2 aliphatic heterocycles. The third-order valence-electron chi connectivity index (χ3n) is 13.1. The fourth-order valence-corrected chi connectivity index (χ4v) is 16.3. The molecule has 11 heteroatoms. The van der Waals surface area contributed by atoms with Crippen LogP contribution in [0.3, 0.4) is 0 Å². The molecular weight excluding hydrogens is 784 g/mol. The van der Waals surface area contributed by atoms with E-state index in [0.29, 0.717) is 31.9 Å². The number of halogens is 1. The van der Waals surface area contributed by atoms with Gasteiger partial charge >= 0.3 is 0 Å². The van der Waals surface area contributed by atoms with Crippen LogP contribution in [0.25, 0.3) is 0 Å². The number of anilines is 1. The number of aryl methyl sites for hydroxylation is 1. The summed E-state index contributed by atoms with van der Waals surface area (Å²) in [5, 5.41) is 14.3. The van der Waals surface area contributed by atoms with Crippen LogP contribution in [-0.4, -0.2) is 65.9 Å². The van der Waals surface area contributed by atoms with Gasteiger partial charge in [-0.3, -0.25) is 4.79 Å². The van der Waals surface area contributed by atoms with Crippen molar-refractivity contribution in [1.82, 2.24) is 4.72 Å². The number of nitrogens with one attached hydrogen (secondary N) is 1. The first kappa shape index (κ1) is 40.8. The molecule has 306 valence electrons. The Kier molecular flexibility index (Phi) is 11.4. The summed E-state index contributed by atoms with van der Waals surface area (Å²) in [5.41, 5.74) is 3.20. The Balaban J connectivity index is 1.12. The van der Waals surface area contributed by atoms with Crippen molar-refractivity contribution in [2.45, 2.75) is 75.9 Å². The number of sulfonamides is 1. The SMILES string of the molecule is CC(C)(C)[Si](OC[C@H]1C/C=C\[C@H](O)[C@@H]2CC[C@H]2CN2C[C@@]3(CCCc4cc(Cl)ccc43)COc3ccc(cc32)C(=O)NS(=O)(=O)C1)(c1ccccc1)c1ccccc1. The maximum atomic E-state index is 14.0. The highest BCUT2D eigenvalue weighted by Crippen LogP contribution is 2.47. The summed E-state index contributed by atoms with van der Waals surface area (Å²) in [6.45, 7) is 8.54. The lowest BCUT2D eigenvalue weighted by atomic mass is 9.68. The van der Waals surface area contributed by atoms with Crippen molar-refractivity contribution in [3.63, 3.8) is 0 Å². The Morgan fingerprint density at radius 2 is 1.71 bits per heavy atom. The van der Waals surface area contributed by atoms with Crippen molar-refractivity contribution in [3.8, 4) is 5.75 Å². The predicted octanol–water partition coefficient (Wildman–Crippen LogP) is 7.41. The second-order valence-electron chi connectivity index (χ2n) is 18.0. The number of fused-ring (bicyclic) bond motifs is 4. The summed E-state index contributed by atoms with van der Waals surface area (Å²) in [6.07, 6.45) is 8.23. The Morgan fingerprint density at radius 1 is 0.983 bits per heavy atom. The van der Waals surface area contributed by atoms with E-state index in [2.05, 4.69) is 66.8 Å². The summed E-state index contributed by atoms with van der Waals surface area (Å²) < 4.78 is 44.3. The minimum atomic E-state index is -4.13. The Morgan fingerprint density at radius 3 is 2.38 bits per heavy atom. The average molecular weight is 840 g/mol. The van der Waals surface area contributed by atoms with Crippen molar-refractivity contribution in [2.24, 2.45) is 17.8 Å². The third kappa shape index (κ3) is 8.03. The number of allylic oxidation sites excluding steroid dienone is 1. The Bertz CT molecular complexity index is 2230. The van der Waals surface area contributed by atoms with Gasteiger partial charge in [-0.05, 0) is 107 Å². The lowest BCUT2D eigenvalue weighted by Crippen LogP contribution is -2.67. The molecule has 0 saturated heterocycles. The molecule has 8 nitrogen and oxygen atoms in total. The minimum Gasteiger partial charge on any atom is -0.490 e. The van der Waals surface area contributed by atoms with E-state index in [1.807, 2.05) is 54.6 Å². The number of aliphatic hydroxyl groups is 1. The third-order valence-corrected chi connectivity index (χ3v) is 19.8. The fourth-order valence-electron chi connectivity index (χ4n) is 10.1. The number of carbonyl (C=O) groups excluding carboxylic acids is 1. The fraction of sp³-hybridized carbons (Fsp3) is 0.426. The Hall–Kier alpha value is -3.93. The first-order valence-electron chi connectivity index (χ1n) is 20.7. The van der Waals surface area contributed by atoms with Crippen LogP contribution in [0.15, 0.2) is 109 Å². The van der Waals surface area contributed by atoms with Gasteiger partial charge in [0.2, 0.25) is 10.0 Å². The molecule has 0 unspecified atom stereocenters. The van der Waals surface area contributed by atoms with E-state index in [0.717, 1.165) is 53.2 Å². The van der Waals surface area contributed by atoms with E-state index < -0.39 is 36.3 Å². The summed E-state index contributed by atoms with van der Waals surface area (Å²) in [6, 6.07) is 31.9. The van der Waals surface area contributed by atoms with Gasteiger partial charge in [0.1, 0.15) is 5.75 Å². The van der Waals surface area contributed by atoms with Crippen LogP contribution >= 0.6 is 11.6 Å². The van der Waals surface area contributed by atoms with Crippen LogP contribution in [0.4, 0.5) is 5.69 Å². The second kappa shape index (κ2) is 16.3. The molecule has 4 aromatic rings. The van der Waals surface area contributed by atoms with Gasteiger partial charge in [-0.2, -0.15) is 0 Å². The van der Waals surface area contributed by atoms with Gasteiger partial charge in [0, 0.05) is 41.6 Å². The summed E-state index contributed by atoms with van der Waals surface area (Å²) in [4.78, 5) is 16.3. The number of amides is 1. The van der Waals surface area contributed by atoms with Crippen LogP contribution in [0.1, 0.15) is 74.4 Å². The van der Waals surface area contributed by atoms with Gasteiger partial charge in [-0.15, -0.1) is 0 Å². The first-order chi connectivity index (χ1) is 27.8. The molecule has 8 rings (SSSR count). The summed E-state index contributed by atoms with van der Waals surface area (Å²) >= 11 is 6.46. The molecule has 0 aromatic heterocycles. The number of ether oxygens (including phenoxy) is 1. The van der Waals surface area contributed by atoms with Gasteiger partial charge in [-0.25, -0.2) is 13.1 Å². The molecule has 2 N–H and O–H groups in total. The Labute approximate surface area is 349 Å². The monoisotopic (exact) mass is 838 g/mol. The molecule has 4 aliphatic rings. The highest BCUT2D eigenvalue weighted by Gasteiger charge is 2.51. The molecule has 5 atom stereocenters. The lowest BCUT2D eigenvalue weighted by Gasteiger charge is -2.45. The number of nitrogens with zero attached hydrogens (tertiary/aromatic N) is 1. The minimum absolute atomic E-state index is 0.0483. The smallest absolute Gasteiger partial charge is 0.264 e. The number of aliphatic hydroxyl groups excluding tert-OH is 1. The van der Waals surface area contributed by atoms with Crippen molar-refractivity contribution in [2.75, 3.05) is 37.0 Å². The number of benzene rings is 4. The zero-order valence-electron chi connectivity index (χ0n) is 33.7. The standard InChI is InChI=1S/C47H55ClN2O6SSi/c1-46(2,3)58(38-14-6-4-7-15-38,39-16-8-5-9-17-39)56-29-33-12-10-18-43(51)40-22-19-36(40)28-50-31-47(25-11-13-34-26-37(48)21-23-41(34)47)32-55-44-24-20-35(27-42(44)50)45(52)49-57(53,54)30-33/h4-10,14-18,20-21,23-24,26-27,33,36,40,43,51H,11-13,19,22,25,28-32H2,1-3H3,(H,49,52)/b18-10-/t33-,36+,40-,43+,47+/m1/s1. The van der Waals surface area contributed by atoms with Gasteiger partial charge in [0.25, 0.3) is 14.2 Å². The molecular formula is C47H55ClN2O6SSi. The first-order valence-corrected chi connectivity index (χ1v) is 24.7. The zero-order valence-corrected chi connectivity index (χ0v) is 36.3. The van der Waals surface area contributed by atoms with Crippen LogP contribution in [0, 0.1) is 17.8 Å². The largest absolute Gasteiger partial charge is 0.490 e. The highest BCUT2D eigenvalue weighted by atomic mass is 35.5. The van der Waals surface area contributed by atoms with Crippen LogP contribution in [0.5, 0.6) is 5.75 Å². The number of hydrogen-bond acceptors (Lipinski definition) is 7. The van der Waals surface area contributed by atoms with E-state index in [1.165, 1.54) is 11.1 Å².